The van der Waals surface area contributed by atoms with Gasteiger partial charge < -0.3 is 0 Å². The molecule has 2 rings (SSSR count). The van der Waals surface area contributed by atoms with Crippen LogP contribution in [-0.2, 0) is 6.54 Å². The molecule has 0 N–H and O–H groups in total. The summed E-state index contributed by atoms with van der Waals surface area (Å²) in [4.78, 5) is 2.72. The zero-order valence-corrected chi connectivity index (χ0v) is 8.91. The van der Waals surface area contributed by atoms with Crippen LogP contribution in [0.4, 0.5) is 5.82 Å². The predicted octanol–water partition coefficient (Wildman–Crippen LogP) is 3.18. The van der Waals surface area contributed by atoms with E-state index < -0.39 is 0 Å². The lowest BCUT2D eigenvalue weighted by atomic mass is 10.2. The smallest absolute Gasteiger partial charge is 0.149 e. The molecular weight excluding hydrogens is 202 g/mol. The summed E-state index contributed by atoms with van der Waals surface area (Å²) in [7, 11) is 0. The lowest BCUT2D eigenvalue weighted by Crippen LogP contribution is -2.03. The zero-order chi connectivity index (χ0) is 11.4. The number of hydrogen-bond donors (Lipinski definition) is 0. The van der Waals surface area contributed by atoms with Crippen LogP contribution in [0.5, 0.6) is 0 Å². The van der Waals surface area contributed by atoms with Gasteiger partial charge in [-0.2, -0.15) is 5.10 Å². The number of azide groups is 1. The van der Waals surface area contributed by atoms with Gasteiger partial charge in [0.05, 0.1) is 6.54 Å². The Morgan fingerprint density at radius 2 is 2.12 bits per heavy atom. The van der Waals surface area contributed by atoms with Gasteiger partial charge in [0.2, 0.25) is 0 Å². The maximum atomic E-state index is 8.32. The third-order valence-corrected chi connectivity index (χ3v) is 2.29. The van der Waals surface area contributed by atoms with E-state index in [1.807, 2.05) is 41.9 Å². The lowest BCUT2D eigenvalue weighted by molar-refractivity contribution is 0.666. The van der Waals surface area contributed by atoms with Crippen molar-refractivity contribution in [2.24, 2.45) is 5.11 Å². The first-order chi connectivity index (χ1) is 7.79. The van der Waals surface area contributed by atoms with E-state index in [9.17, 15) is 0 Å². The molecule has 0 spiro atoms. The monoisotopic (exact) mass is 213 g/mol. The van der Waals surface area contributed by atoms with Crippen molar-refractivity contribution in [3.8, 4) is 0 Å². The average Bonchev–Trinajstić information content (AvgIpc) is 2.61. The first-order valence-corrected chi connectivity index (χ1v) is 4.93. The van der Waals surface area contributed by atoms with Gasteiger partial charge in [0, 0.05) is 10.6 Å². The van der Waals surface area contributed by atoms with Crippen molar-refractivity contribution in [1.29, 1.82) is 0 Å². The van der Waals surface area contributed by atoms with E-state index >= 15 is 0 Å². The predicted molar refractivity (Wildman–Crippen MR) is 61.3 cm³/mol. The maximum Gasteiger partial charge on any atom is 0.149 e. The Balaban J connectivity index is 2.25. The van der Waals surface area contributed by atoms with Crippen LogP contribution in [0.15, 0.2) is 41.5 Å². The Hall–Kier alpha value is -2.26. The quantitative estimate of drug-likeness (QED) is 0.438. The summed E-state index contributed by atoms with van der Waals surface area (Å²) < 4.78 is 1.82. The summed E-state index contributed by atoms with van der Waals surface area (Å²) in [5.41, 5.74) is 10.5. The van der Waals surface area contributed by atoms with Gasteiger partial charge in [-0.25, -0.2) is 0 Å². The van der Waals surface area contributed by atoms with E-state index in [0.717, 1.165) is 5.69 Å². The number of aryl methyl sites for hydroxylation is 1. The maximum absolute atomic E-state index is 8.32. The Labute approximate surface area is 93.0 Å². The molecule has 0 aliphatic heterocycles. The second-order valence-corrected chi connectivity index (χ2v) is 3.48. The fraction of sp³-hybridized carbons (Fsp3) is 0.182. The van der Waals surface area contributed by atoms with Crippen LogP contribution in [0.25, 0.3) is 10.4 Å². The largest absolute Gasteiger partial charge is 0.265 e. The molecule has 0 aliphatic rings. The normalized spacial score (nSPS) is 9.81. The second kappa shape index (κ2) is 4.51. The number of rotatable bonds is 3. The molecule has 1 heterocycles. The van der Waals surface area contributed by atoms with Gasteiger partial charge in [-0.1, -0.05) is 30.3 Å². The molecule has 80 valence electrons. The SMILES string of the molecule is Cc1cc(N=[N+]=[N-])nn1Cc1ccccc1. The van der Waals surface area contributed by atoms with Crippen LogP contribution in [0.3, 0.4) is 0 Å². The van der Waals surface area contributed by atoms with Gasteiger partial charge in [0.25, 0.3) is 0 Å². The van der Waals surface area contributed by atoms with E-state index in [0.29, 0.717) is 12.4 Å². The molecule has 0 radical (unpaired) electrons. The number of benzene rings is 1. The van der Waals surface area contributed by atoms with Crippen LogP contribution >= 0.6 is 0 Å². The highest BCUT2D eigenvalue weighted by molar-refractivity contribution is 5.28. The first kappa shape index (κ1) is 10.3. The molecule has 0 fully saturated rings. The van der Waals surface area contributed by atoms with Gasteiger partial charge in [-0.15, -0.1) is 0 Å². The fourth-order valence-corrected chi connectivity index (χ4v) is 1.50. The van der Waals surface area contributed by atoms with Crippen molar-refractivity contribution in [1.82, 2.24) is 9.78 Å². The van der Waals surface area contributed by atoms with Gasteiger partial charge >= 0.3 is 0 Å². The topological polar surface area (TPSA) is 66.6 Å². The summed E-state index contributed by atoms with van der Waals surface area (Å²) in [6.45, 7) is 2.62. The highest BCUT2D eigenvalue weighted by Crippen LogP contribution is 2.13. The van der Waals surface area contributed by atoms with Crippen LogP contribution in [0, 0.1) is 6.92 Å². The summed E-state index contributed by atoms with van der Waals surface area (Å²) in [6, 6.07) is 11.8. The summed E-state index contributed by atoms with van der Waals surface area (Å²) >= 11 is 0. The summed E-state index contributed by atoms with van der Waals surface area (Å²) in [6.07, 6.45) is 0. The van der Waals surface area contributed by atoms with E-state index in [4.69, 9.17) is 5.53 Å². The van der Waals surface area contributed by atoms with E-state index in [2.05, 4.69) is 15.1 Å². The van der Waals surface area contributed by atoms with Gasteiger partial charge in [0.15, 0.2) is 0 Å². The molecule has 0 amide bonds. The summed E-state index contributed by atoms with van der Waals surface area (Å²) in [5, 5.41) is 7.67. The van der Waals surface area contributed by atoms with Crippen molar-refractivity contribution >= 4 is 5.82 Å². The number of nitrogens with zero attached hydrogens (tertiary/aromatic N) is 5. The Morgan fingerprint density at radius 3 is 2.81 bits per heavy atom. The third kappa shape index (κ3) is 2.21. The van der Waals surface area contributed by atoms with E-state index in [1.54, 1.807) is 6.07 Å². The van der Waals surface area contributed by atoms with Gasteiger partial charge in [-0.05, 0) is 29.2 Å². The molecular formula is C11H11N5. The lowest BCUT2D eigenvalue weighted by Gasteiger charge is -2.03. The molecule has 1 aromatic carbocycles. The molecule has 5 nitrogen and oxygen atoms in total. The van der Waals surface area contributed by atoms with Crippen molar-refractivity contribution in [2.45, 2.75) is 13.5 Å². The van der Waals surface area contributed by atoms with Crippen molar-refractivity contribution < 1.29 is 0 Å². The van der Waals surface area contributed by atoms with Crippen molar-refractivity contribution in [2.75, 3.05) is 0 Å². The molecule has 0 atom stereocenters. The van der Waals surface area contributed by atoms with Crippen LogP contribution in [0.1, 0.15) is 11.3 Å². The van der Waals surface area contributed by atoms with E-state index in [-0.39, 0.29) is 0 Å². The zero-order valence-electron chi connectivity index (χ0n) is 8.91. The average molecular weight is 213 g/mol. The molecule has 0 saturated heterocycles. The second-order valence-electron chi connectivity index (χ2n) is 3.48. The molecule has 5 heteroatoms. The highest BCUT2D eigenvalue weighted by atomic mass is 15.3. The minimum absolute atomic E-state index is 0.413. The summed E-state index contributed by atoms with van der Waals surface area (Å²) in [5.74, 6) is 0.413. The Morgan fingerprint density at radius 1 is 1.38 bits per heavy atom. The van der Waals surface area contributed by atoms with E-state index in [1.165, 1.54) is 5.56 Å². The van der Waals surface area contributed by atoms with Gasteiger partial charge in [-0.3, -0.25) is 4.68 Å². The molecule has 2 aromatic rings. The molecule has 0 bridgehead atoms. The van der Waals surface area contributed by atoms with Crippen LogP contribution in [0.2, 0.25) is 0 Å². The third-order valence-electron chi connectivity index (χ3n) is 2.29. The molecule has 0 saturated carbocycles. The standard InChI is InChI=1S/C11H11N5/c1-9-7-11(13-15-12)14-16(9)8-10-5-3-2-4-6-10/h2-7H,8H2,1H3. The molecule has 16 heavy (non-hydrogen) atoms. The van der Waals surface area contributed by atoms with Crippen molar-refractivity contribution in [3.05, 3.63) is 58.1 Å². The Bertz CT molecular complexity index is 523. The van der Waals surface area contributed by atoms with Crippen LogP contribution in [-0.4, -0.2) is 9.78 Å². The minimum Gasteiger partial charge on any atom is -0.265 e. The number of hydrogen-bond acceptors (Lipinski definition) is 2. The highest BCUT2D eigenvalue weighted by Gasteiger charge is 2.02. The molecule has 1 aromatic heterocycles. The first-order valence-electron chi connectivity index (χ1n) is 4.93. The van der Waals surface area contributed by atoms with Crippen molar-refractivity contribution in [3.63, 3.8) is 0 Å². The minimum atomic E-state index is 0.413. The van der Waals surface area contributed by atoms with Crippen LogP contribution < -0.4 is 0 Å². The molecule has 0 unspecified atom stereocenters. The fourth-order valence-electron chi connectivity index (χ4n) is 1.50. The van der Waals surface area contributed by atoms with Gasteiger partial charge in [0.1, 0.15) is 5.82 Å². The Kier molecular flexibility index (Phi) is 2.89. The number of aromatic nitrogens is 2. The molecule has 0 aliphatic carbocycles.